The Morgan fingerprint density at radius 2 is 1.19 bits per heavy atom. The molecule has 42 heavy (non-hydrogen) atoms. The molecule has 9 aromatic rings. The summed E-state index contributed by atoms with van der Waals surface area (Å²) in [4.78, 5) is 10.5. The van der Waals surface area contributed by atoms with Gasteiger partial charge in [0.1, 0.15) is 16.8 Å². The van der Waals surface area contributed by atoms with E-state index in [1.807, 2.05) is 36.4 Å². The van der Waals surface area contributed by atoms with Gasteiger partial charge in [-0.25, -0.2) is 9.97 Å². The van der Waals surface area contributed by atoms with Crippen molar-refractivity contribution < 1.29 is 4.42 Å². The van der Waals surface area contributed by atoms with Gasteiger partial charge >= 0.3 is 0 Å². The van der Waals surface area contributed by atoms with Gasteiger partial charge in [0, 0.05) is 21.7 Å². The Balaban J connectivity index is 1.42. The molecule has 0 spiro atoms. The van der Waals surface area contributed by atoms with Gasteiger partial charge in [0.15, 0.2) is 5.58 Å². The Kier molecular flexibility index (Phi) is 4.15. The van der Waals surface area contributed by atoms with Crippen LogP contribution in [0.15, 0.2) is 132 Å². The summed E-state index contributed by atoms with van der Waals surface area (Å²) in [7, 11) is 0. The third-order valence-corrected chi connectivity index (χ3v) is 8.76. The molecular formula is C38H21N3O. The second-order valence-corrected chi connectivity index (χ2v) is 11.0. The zero-order valence-electron chi connectivity index (χ0n) is 22.4. The smallest absolute Gasteiger partial charge is 0.236 e. The van der Waals surface area contributed by atoms with Crippen LogP contribution in [0.1, 0.15) is 0 Å². The highest BCUT2D eigenvalue weighted by Crippen LogP contribution is 2.49. The molecule has 4 heteroatoms. The first-order valence-electron chi connectivity index (χ1n) is 14.2. The fourth-order valence-electron chi connectivity index (χ4n) is 7.01. The van der Waals surface area contributed by atoms with Gasteiger partial charge in [0.05, 0.1) is 11.0 Å². The first-order chi connectivity index (χ1) is 20.8. The first-order valence-corrected chi connectivity index (χ1v) is 14.2. The monoisotopic (exact) mass is 535 g/mol. The number of furan rings is 1. The van der Waals surface area contributed by atoms with E-state index in [2.05, 4.69) is 95.6 Å². The first kappa shape index (κ1) is 22.0. The highest BCUT2D eigenvalue weighted by Gasteiger charge is 2.26. The van der Waals surface area contributed by atoms with E-state index in [-0.39, 0.29) is 0 Å². The van der Waals surface area contributed by atoms with E-state index in [0.29, 0.717) is 11.5 Å². The topological polar surface area (TPSA) is 43.9 Å². The molecule has 0 aliphatic heterocycles. The number of hydrogen-bond donors (Lipinski definition) is 0. The van der Waals surface area contributed by atoms with Crippen molar-refractivity contribution in [3.05, 3.63) is 127 Å². The van der Waals surface area contributed by atoms with Gasteiger partial charge in [-0.2, -0.15) is 0 Å². The summed E-state index contributed by atoms with van der Waals surface area (Å²) in [6, 6.07) is 44.8. The van der Waals surface area contributed by atoms with Crippen LogP contribution >= 0.6 is 0 Å². The molecule has 194 valence electrons. The van der Waals surface area contributed by atoms with E-state index in [0.717, 1.165) is 38.8 Å². The van der Waals surface area contributed by atoms with Crippen molar-refractivity contribution in [3.63, 3.8) is 0 Å². The van der Waals surface area contributed by atoms with Crippen molar-refractivity contribution in [3.8, 4) is 39.5 Å². The Morgan fingerprint density at radius 3 is 2.05 bits per heavy atom. The zero-order valence-corrected chi connectivity index (χ0v) is 22.4. The quantitative estimate of drug-likeness (QED) is 0.221. The Bertz CT molecular complexity index is 2570. The summed E-state index contributed by atoms with van der Waals surface area (Å²) >= 11 is 0. The molecule has 0 unspecified atom stereocenters. The molecule has 1 aliphatic rings. The standard InChI is InChI=1S/C38H21N3O/c1-2-10-23(11-3-1)35-37-36(28-15-6-7-19-31(28)42-37)40-38(39-35)41-29-18-9-17-27-25-14-5-4-13-24(25)26-16-8-12-22-20-21-30(41)34(32(22)26)33(27)29/h1-21H. The minimum absolute atomic E-state index is 0.635. The van der Waals surface area contributed by atoms with Crippen LogP contribution in [0.2, 0.25) is 0 Å². The van der Waals surface area contributed by atoms with Crippen LogP contribution < -0.4 is 0 Å². The van der Waals surface area contributed by atoms with Gasteiger partial charge in [-0.1, -0.05) is 103 Å². The fourth-order valence-corrected chi connectivity index (χ4v) is 7.01. The second-order valence-electron chi connectivity index (χ2n) is 11.0. The summed E-state index contributed by atoms with van der Waals surface area (Å²) in [5.41, 5.74) is 11.3. The maximum atomic E-state index is 6.39. The van der Waals surface area contributed by atoms with Gasteiger partial charge in [-0.05, 0) is 57.3 Å². The third kappa shape index (κ3) is 2.76. The Labute approximate surface area is 240 Å². The van der Waals surface area contributed by atoms with Crippen molar-refractivity contribution in [2.45, 2.75) is 0 Å². The van der Waals surface area contributed by atoms with Gasteiger partial charge in [-0.15, -0.1) is 0 Å². The molecule has 1 aliphatic carbocycles. The molecule has 6 aromatic carbocycles. The predicted molar refractivity (Wildman–Crippen MR) is 171 cm³/mol. The summed E-state index contributed by atoms with van der Waals surface area (Å²) in [6.45, 7) is 0. The normalized spacial score (nSPS) is 12.3. The molecular weight excluding hydrogens is 514 g/mol. The number of benzene rings is 6. The average molecular weight is 536 g/mol. The molecule has 3 aromatic heterocycles. The van der Waals surface area contributed by atoms with Crippen LogP contribution in [0.25, 0.3) is 94.1 Å². The lowest BCUT2D eigenvalue weighted by molar-refractivity contribution is 0.666. The molecule has 0 saturated carbocycles. The Hall–Kier alpha value is -5.74. The molecule has 0 saturated heterocycles. The molecule has 0 atom stereocenters. The molecule has 0 N–H and O–H groups in total. The lowest BCUT2D eigenvalue weighted by atomic mass is 9.93. The van der Waals surface area contributed by atoms with Crippen LogP contribution in [0.4, 0.5) is 0 Å². The largest absolute Gasteiger partial charge is 0.452 e. The lowest BCUT2D eigenvalue weighted by Gasteiger charge is -2.13. The fraction of sp³-hybridized carbons (Fsp3) is 0. The molecule has 0 bridgehead atoms. The van der Waals surface area contributed by atoms with Crippen molar-refractivity contribution >= 4 is 54.6 Å². The van der Waals surface area contributed by atoms with Gasteiger partial charge in [-0.3, -0.25) is 4.57 Å². The van der Waals surface area contributed by atoms with E-state index >= 15 is 0 Å². The molecule has 0 radical (unpaired) electrons. The maximum Gasteiger partial charge on any atom is 0.236 e. The van der Waals surface area contributed by atoms with Gasteiger partial charge in [0.2, 0.25) is 5.95 Å². The molecule has 0 fully saturated rings. The molecule has 0 amide bonds. The number of nitrogens with zero attached hydrogens (tertiary/aromatic N) is 3. The van der Waals surface area contributed by atoms with Crippen molar-refractivity contribution in [2.24, 2.45) is 0 Å². The number of fused-ring (bicyclic) bond motifs is 6. The summed E-state index contributed by atoms with van der Waals surface area (Å²) in [5, 5.41) is 5.96. The van der Waals surface area contributed by atoms with Crippen LogP contribution in [0.3, 0.4) is 0 Å². The number of aromatic nitrogens is 3. The highest BCUT2D eigenvalue weighted by atomic mass is 16.3. The van der Waals surface area contributed by atoms with Crippen LogP contribution in [-0.4, -0.2) is 14.5 Å². The summed E-state index contributed by atoms with van der Waals surface area (Å²) in [6.07, 6.45) is 0. The van der Waals surface area contributed by atoms with E-state index in [4.69, 9.17) is 14.4 Å². The predicted octanol–water partition coefficient (Wildman–Crippen LogP) is 9.94. The molecule has 4 nitrogen and oxygen atoms in total. The van der Waals surface area contributed by atoms with Crippen LogP contribution in [0.5, 0.6) is 0 Å². The van der Waals surface area contributed by atoms with Crippen LogP contribution in [0, 0.1) is 0 Å². The highest BCUT2D eigenvalue weighted by molar-refractivity contribution is 6.30. The van der Waals surface area contributed by atoms with Gasteiger partial charge < -0.3 is 4.42 Å². The summed E-state index contributed by atoms with van der Waals surface area (Å²) < 4.78 is 8.63. The minimum atomic E-state index is 0.635. The third-order valence-electron chi connectivity index (χ3n) is 8.76. The van der Waals surface area contributed by atoms with E-state index in [1.54, 1.807) is 0 Å². The summed E-state index contributed by atoms with van der Waals surface area (Å²) in [5.74, 6) is 0.635. The van der Waals surface area contributed by atoms with Crippen molar-refractivity contribution in [1.82, 2.24) is 14.5 Å². The second kappa shape index (κ2) is 7.93. The number of rotatable bonds is 2. The van der Waals surface area contributed by atoms with E-state index < -0.39 is 0 Å². The maximum absolute atomic E-state index is 6.39. The number of para-hydroxylation sites is 1. The SMILES string of the molecule is c1ccc(-c2nc(-n3c4cccc5c4c4c6c(cccc6ccc43)-c3ccccc3-5)nc3c2oc2ccccc23)cc1. The minimum Gasteiger partial charge on any atom is -0.452 e. The Morgan fingerprint density at radius 1 is 0.500 bits per heavy atom. The van der Waals surface area contributed by atoms with Crippen molar-refractivity contribution in [2.75, 3.05) is 0 Å². The van der Waals surface area contributed by atoms with Crippen molar-refractivity contribution in [1.29, 1.82) is 0 Å². The van der Waals surface area contributed by atoms with E-state index in [1.165, 1.54) is 43.8 Å². The molecule has 10 rings (SSSR count). The van der Waals surface area contributed by atoms with Gasteiger partial charge in [0.25, 0.3) is 0 Å². The van der Waals surface area contributed by atoms with E-state index in [9.17, 15) is 0 Å². The van der Waals surface area contributed by atoms with Crippen LogP contribution in [-0.2, 0) is 0 Å². The average Bonchev–Trinajstić information content (AvgIpc) is 3.56. The zero-order chi connectivity index (χ0) is 27.4. The number of hydrogen-bond acceptors (Lipinski definition) is 3. The lowest BCUT2D eigenvalue weighted by Crippen LogP contribution is -2.03. The molecule has 3 heterocycles.